The standard InChI is InChI=1S/C20H20N2O2S3/c1-12-7-8-13(2)16(9-12)14-5-4-6-15(10-14)27(23,24)18-11-17(19(21)22)26-20(18)25-3/h4-11H,1-3H3,(H3,21,22). The van der Waals surface area contributed by atoms with Gasteiger partial charge in [-0.2, -0.15) is 0 Å². The quantitative estimate of drug-likeness (QED) is 0.353. The Bertz CT molecular complexity index is 1130. The van der Waals surface area contributed by atoms with Crippen molar-refractivity contribution >= 4 is 38.8 Å². The van der Waals surface area contributed by atoms with Gasteiger partial charge in [-0.25, -0.2) is 8.42 Å². The van der Waals surface area contributed by atoms with Crippen LogP contribution in [0, 0.1) is 19.3 Å². The molecule has 0 bridgehead atoms. The van der Waals surface area contributed by atoms with Crippen LogP contribution in [-0.2, 0) is 9.84 Å². The molecular formula is C20H20N2O2S3. The molecule has 0 fully saturated rings. The van der Waals surface area contributed by atoms with Crippen molar-refractivity contribution in [2.75, 3.05) is 6.26 Å². The third kappa shape index (κ3) is 3.81. The summed E-state index contributed by atoms with van der Waals surface area (Å²) in [4.78, 5) is 0.913. The van der Waals surface area contributed by atoms with Crippen molar-refractivity contribution in [3.8, 4) is 11.1 Å². The molecule has 0 aliphatic carbocycles. The molecule has 0 spiro atoms. The number of thiophene rings is 1. The third-order valence-corrected chi connectivity index (χ3v) is 8.59. The monoisotopic (exact) mass is 416 g/mol. The Morgan fingerprint density at radius 2 is 1.85 bits per heavy atom. The number of hydrogen-bond donors (Lipinski definition) is 2. The van der Waals surface area contributed by atoms with Gasteiger partial charge < -0.3 is 5.73 Å². The van der Waals surface area contributed by atoms with E-state index in [4.69, 9.17) is 11.1 Å². The highest BCUT2D eigenvalue weighted by molar-refractivity contribution is 8.01. The summed E-state index contributed by atoms with van der Waals surface area (Å²) < 4.78 is 27.2. The van der Waals surface area contributed by atoms with Gasteiger partial charge >= 0.3 is 0 Å². The van der Waals surface area contributed by atoms with E-state index in [9.17, 15) is 8.42 Å². The van der Waals surface area contributed by atoms with Gasteiger partial charge in [0.15, 0.2) is 0 Å². The van der Waals surface area contributed by atoms with Gasteiger partial charge in [0.2, 0.25) is 9.84 Å². The fourth-order valence-electron chi connectivity index (χ4n) is 2.82. The zero-order valence-electron chi connectivity index (χ0n) is 15.2. The van der Waals surface area contributed by atoms with Crippen LogP contribution in [0.2, 0.25) is 0 Å². The number of benzene rings is 2. The number of amidine groups is 1. The molecule has 3 N–H and O–H groups in total. The van der Waals surface area contributed by atoms with Crippen molar-refractivity contribution in [1.82, 2.24) is 0 Å². The van der Waals surface area contributed by atoms with Crippen LogP contribution >= 0.6 is 23.1 Å². The minimum atomic E-state index is -3.71. The summed E-state index contributed by atoms with van der Waals surface area (Å²) in [6.07, 6.45) is 1.82. The average molecular weight is 417 g/mol. The average Bonchev–Trinajstić information content (AvgIpc) is 3.09. The summed E-state index contributed by atoms with van der Waals surface area (Å²) in [5.41, 5.74) is 9.65. The lowest BCUT2D eigenvalue weighted by Gasteiger charge is -2.10. The van der Waals surface area contributed by atoms with E-state index in [2.05, 4.69) is 6.07 Å². The maximum atomic E-state index is 13.3. The Kier molecular flexibility index (Phi) is 5.46. The topological polar surface area (TPSA) is 84.0 Å². The molecule has 2 aromatic carbocycles. The van der Waals surface area contributed by atoms with Gasteiger partial charge in [0.25, 0.3) is 0 Å². The van der Waals surface area contributed by atoms with E-state index in [1.807, 2.05) is 38.3 Å². The van der Waals surface area contributed by atoms with E-state index in [-0.39, 0.29) is 15.6 Å². The maximum Gasteiger partial charge on any atom is 0.208 e. The second-order valence-corrected chi connectivity index (χ2v) is 10.3. The number of aryl methyl sites for hydroxylation is 2. The molecule has 27 heavy (non-hydrogen) atoms. The van der Waals surface area contributed by atoms with E-state index in [0.29, 0.717) is 9.09 Å². The highest BCUT2D eigenvalue weighted by atomic mass is 32.2. The Hall–Kier alpha value is -2.09. The summed E-state index contributed by atoms with van der Waals surface area (Å²) in [7, 11) is -3.71. The van der Waals surface area contributed by atoms with E-state index in [1.165, 1.54) is 29.2 Å². The lowest BCUT2D eigenvalue weighted by molar-refractivity contribution is 0.595. The lowest BCUT2D eigenvalue weighted by Crippen LogP contribution is -2.08. The largest absolute Gasteiger partial charge is 0.383 e. The van der Waals surface area contributed by atoms with Gasteiger partial charge in [0.1, 0.15) is 5.84 Å². The Morgan fingerprint density at radius 1 is 1.11 bits per heavy atom. The van der Waals surface area contributed by atoms with Crippen molar-refractivity contribution in [3.05, 3.63) is 64.5 Å². The fraction of sp³-hybridized carbons (Fsp3) is 0.150. The molecule has 0 aliphatic rings. The van der Waals surface area contributed by atoms with Crippen LogP contribution in [-0.4, -0.2) is 20.5 Å². The molecule has 0 unspecified atom stereocenters. The number of rotatable bonds is 5. The SMILES string of the molecule is CSc1sc(C(=N)N)cc1S(=O)(=O)c1cccc(-c2cc(C)ccc2C)c1. The van der Waals surface area contributed by atoms with Crippen molar-refractivity contribution in [2.45, 2.75) is 27.8 Å². The van der Waals surface area contributed by atoms with E-state index < -0.39 is 9.84 Å². The van der Waals surface area contributed by atoms with Gasteiger partial charge in [-0.1, -0.05) is 35.9 Å². The minimum Gasteiger partial charge on any atom is -0.383 e. The van der Waals surface area contributed by atoms with Gasteiger partial charge in [-0.15, -0.1) is 23.1 Å². The van der Waals surface area contributed by atoms with Crippen molar-refractivity contribution in [3.63, 3.8) is 0 Å². The number of nitrogens with two attached hydrogens (primary N) is 1. The van der Waals surface area contributed by atoms with Gasteiger partial charge in [0, 0.05) is 0 Å². The molecule has 0 aliphatic heterocycles. The van der Waals surface area contributed by atoms with Gasteiger partial charge in [0.05, 0.1) is 18.9 Å². The highest BCUT2D eigenvalue weighted by Gasteiger charge is 2.25. The summed E-state index contributed by atoms with van der Waals surface area (Å²) in [5, 5.41) is 7.60. The molecule has 1 aromatic heterocycles. The first-order chi connectivity index (χ1) is 12.7. The first-order valence-electron chi connectivity index (χ1n) is 8.19. The Morgan fingerprint density at radius 3 is 2.52 bits per heavy atom. The number of thioether (sulfide) groups is 1. The lowest BCUT2D eigenvalue weighted by atomic mass is 9.99. The summed E-state index contributed by atoms with van der Waals surface area (Å²) >= 11 is 2.58. The molecule has 1 heterocycles. The fourth-order valence-corrected chi connectivity index (χ4v) is 6.73. The Balaban J connectivity index is 2.14. The summed E-state index contributed by atoms with van der Waals surface area (Å²) in [6, 6.07) is 14.7. The molecule has 0 radical (unpaired) electrons. The van der Waals surface area contributed by atoms with Crippen LogP contribution in [0.5, 0.6) is 0 Å². The first kappa shape index (κ1) is 19.7. The van der Waals surface area contributed by atoms with Crippen molar-refractivity contribution in [2.24, 2.45) is 5.73 Å². The normalized spacial score (nSPS) is 11.5. The van der Waals surface area contributed by atoms with Crippen LogP contribution in [0.1, 0.15) is 16.0 Å². The molecule has 0 saturated heterocycles. The molecule has 3 aromatic rings. The minimum absolute atomic E-state index is 0.124. The molecule has 0 amide bonds. The number of sulfone groups is 1. The van der Waals surface area contributed by atoms with E-state index in [0.717, 1.165) is 22.3 Å². The second-order valence-electron chi connectivity index (χ2n) is 6.23. The number of nitrogen functional groups attached to an aromatic ring is 1. The van der Waals surface area contributed by atoms with Crippen LogP contribution in [0.4, 0.5) is 0 Å². The molecule has 3 rings (SSSR count). The third-order valence-electron chi connectivity index (χ3n) is 4.25. The molecule has 4 nitrogen and oxygen atoms in total. The van der Waals surface area contributed by atoms with Gasteiger partial charge in [-0.05, 0) is 55.0 Å². The van der Waals surface area contributed by atoms with Crippen LogP contribution in [0.15, 0.2) is 62.5 Å². The summed E-state index contributed by atoms with van der Waals surface area (Å²) in [5.74, 6) is -0.124. The highest BCUT2D eigenvalue weighted by Crippen LogP contribution is 2.37. The zero-order valence-corrected chi connectivity index (χ0v) is 17.7. The van der Waals surface area contributed by atoms with E-state index >= 15 is 0 Å². The van der Waals surface area contributed by atoms with Crippen molar-refractivity contribution < 1.29 is 8.42 Å². The smallest absolute Gasteiger partial charge is 0.208 e. The molecule has 7 heteroatoms. The Labute approximate surface area is 167 Å². The van der Waals surface area contributed by atoms with E-state index in [1.54, 1.807) is 18.2 Å². The molecule has 0 atom stereocenters. The summed E-state index contributed by atoms with van der Waals surface area (Å²) in [6.45, 7) is 4.03. The maximum absolute atomic E-state index is 13.3. The zero-order chi connectivity index (χ0) is 19.8. The first-order valence-corrected chi connectivity index (χ1v) is 11.7. The van der Waals surface area contributed by atoms with Gasteiger partial charge in [-0.3, -0.25) is 5.41 Å². The van der Waals surface area contributed by atoms with Crippen molar-refractivity contribution in [1.29, 1.82) is 5.41 Å². The predicted molar refractivity (Wildman–Crippen MR) is 114 cm³/mol. The second kappa shape index (κ2) is 7.50. The predicted octanol–water partition coefficient (Wildman–Crippen LogP) is 4.87. The van der Waals surface area contributed by atoms with Crippen LogP contribution in [0.3, 0.4) is 0 Å². The molecular weight excluding hydrogens is 396 g/mol. The van der Waals surface area contributed by atoms with Crippen LogP contribution in [0.25, 0.3) is 11.1 Å². The number of hydrogen-bond acceptors (Lipinski definition) is 5. The molecule has 140 valence electrons. The number of nitrogens with one attached hydrogen (secondary N) is 1. The molecule has 0 saturated carbocycles. The van der Waals surface area contributed by atoms with Crippen LogP contribution < -0.4 is 5.73 Å².